The number of sulfone groups is 1. The first-order valence-corrected chi connectivity index (χ1v) is 14.3. The number of quaternary nitrogens is 1. The normalized spacial score (nSPS) is 20.6. The monoisotopic (exact) mass is 542 g/mol. The van der Waals surface area contributed by atoms with Crippen LogP contribution in [-0.4, -0.2) is 19.1 Å². The van der Waals surface area contributed by atoms with Crippen molar-refractivity contribution in [2.75, 3.05) is 0 Å². The number of carbonyl (C=O) groups is 1. The molecule has 4 aromatic rings. The number of nitrogens with zero attached hydrogens (tertiary/aromatic N) is 1. The van der Waals surface area contributed by atoms with Crippen LogP contribution in [0.25, 0.3) is 0 Å². The Bertz CT molecular complexity index is 1600. The number of rotatable bonds is 8. The molecule has 1 aliphatic heterocycles. The first kappa shape index (κ1) is 26.1. The third-order valence-electron chi connectivity index (χ3n) is 6.88. The summed E-state index contributed by atoms with van der Waals surface area (Å²) in [6, 6.07) is 29.7. The lowest BCUT2D eigenvalue weighted by atomic mass is 10.0. The van der Waals surface area contributed by atoms with Crippen molar-refractivity contribution in [3.8, 4) is 0 Å². The average Bonchev–Trinajstić information content (AvgIpc) is 2.96. The molecule has 8 heteroatoms. The molecule has 2 atom stereocenters. The molecule has 6 nitrogen and oxygen atoms in total. The average molecular weight is 543 g/mol. The van der Waals surface area contributed by atoms with Crippen molar-refractivity contribution in [1.82, 2.24) is 4.65 Å². The second kappa shape index (κ2) is 9.98. The van der Waals surface area contributed by atoms with Gasteiger partial charge in [-0.15, -0.1) is 0 Å². The summed E-state index contributed by atoms with van der Waals surface area (Å²) >= 11 is 1.49. The Labute approximate surface area is 226 Å². The molecule has 2 unspecified atom stereocenters. The number of nitrogens with two attached hydrogens (primary N) is 1. The van der Waals surface area contributed by atoms with Gasteiger partial charge in [0.15, 0.2) is 5.78 Å². The zero-order valence-corrected chi connectivity index (χ0v) is 22.3. The summed E-state index contributed by atoms with van der Waals surface area (Å²) in [6.45, 7) is 1.76. The van der Waals surface area contributed by atoms with Crippen LogP contribution in [0.5, 0.6) is 0 Å². The Morgan fingerprint density at radius 2 is 1.39 bits per heavy atom. The van der Waals surface area contributed by atoms with E-state index in [1.807, 2.05) is 30.3 Å². The van der Waals surface area contributed by atoms with Crippen molar-refractivity contribution >= 4 is 33.1 Å². The van der Waals surface area contributed by atoms with Crippen LogP contribution in [0.1, 0.15) is 28.4 Å². The smallest absolute Gasteiger partial charge is 0.239 e. The first-order valence-electron chi connectivity index (χ1n) is 12.0. The van der Waals surface area contributed by atoms with Gasteiger partial charge in [-0.3, -0.25) is 9.44 Å². The van der Waals surface area contributed by atoms with E-state index in [1.54, 1.807) is 60.7 Å². The van der Waals surface area contributed by atoms with Gasteiger partial charge in [0.1, 0.15) is 11.9 Å². The summed E-state index contributed by atoms with van der Waals surface area (Å²) in [5.41, 5.74) is 8.01. The maximum Gasteiger partial charge on any atom is 0.239 e. The Kier molecular flexibility index (Phi) is 6.85. The topological polar surface area (TPSA) is 100 Å². The summed E-state index contributed by atoms with van der Waals surface area (Å²) in [5.74, 6) is -0.0353. The summed E-state index contributed by atoms with van der Waals surface area (Å²) in [5, 5.41) is 13.9. The predicted molar refractivity (Wildman–Crippen MR) is 151 cm³/mol. The van der Waals surface area contributed by atoms with E-state index in [4.69, 9.17) is 5.73 Å². The molecule has 0 saturated carbocycles. The highest BCUT2D eigenvalue weighted by molar-refractivity contribution is 7.99. The van der Waals surface area contributed by atoms with E-state index in [0.717, 1.165) is 15.4 Å². The largest absolute Gasteiger partial charge is 0.621 e. The van der Waals surface area contributed by atoms with Crippen LogP contribution in [-0.2, 0) is 16.4 Å². The van der Waals surface area contributed by atoms with Gasteiger partial charge < -0.3 is 10.9 Å². The lowest BCUT2D eigenvalue weighted by Crippen LogP contribution is -2.65. The number of ketones is 1. The van der Waals surface area contributed by atoms with Gasteiger partial charge in [-0.2, -0.15) is 0 Å². The Hall–Kier alpha value is -3.53. The van der Waals surface area contributed by atoms with E-state index in [1.165, 1.54) is 43.1 Å². The van der Waals surface area contributed by atoms with Crippen LogP contribution in [0.2, 0.25) is 0 Å². The van der Waals surface area contributed by atoms with Gasteiger partial charge in [0.05, 0.1) is 4.90 Å². The zero-order valence-electron chi connectivity index (χ0n) is 20.7. The van der Waals surface area contributed by atoms with Crippen molar-refractivity contribution < 1.29 is 13.2 Å². The molecule has 192 valence electrons. The summed E-state index contributed by atoms with van der Waals surface area (Å²) in [4.78, 5) is 12.8. The quantitative estimate of drug-likeness (QED) is 0.165. The molecule has 1 aliphatic rings. The van der Waals surface area contributed by atoms with Crippen LogP contribution in [0.4, 0.5) is 5.69 Å². The molecule has 2 N–H and O–H groups in total. The predicted octanol–water partition coefficient (Wildman–Crippen LogP) is 6.05. The van der Waals surface area contributed by atoms with Gasteiger partial charge in [0.25, 0.3) is 0 Å². The second-order valence-electron chi connectivity index (χ2n) is 9.20. The summed E-state index contributed by atoms with van der Waals surface area (Å²) < 4.78 is 25.8. The van der Waals surface area contributed by atoms with Crippen molar-refractivity contribution in [2.24, 2.45) is 5.73 Å². The van der Waals surface area contributed by atoms with Crippen LogP contribution >= 0.6 is 11.8 Å². The molecule has 4 aromatic carbocycles. The molecule has 0 amide bonds. The minimum absolute atomic E-state index is 0.0353. The second-order valence-corrected chi connectivity index (χ2v) is 12.6. The molecular formula is C30H26N2O4S2. The van der Waals surface area contributed by atoms with Crippen molar-refractivity contribution in [3.63, 3.8) is 0 Å². The number of carbonyl (C=O) groups excluding carboxylic acids is 1. The Balaban J connectivity index is 1.32. The highest BCUT2D eigenvalue weighted by Crippen LogP contribution is 2.47. The van der Waals surface area contributed by atoms with Crippen molar-refractivity contribution in [1.29, 1.82) is 0 Å². The van der Waals surface area contributed by atoms with E-state index in [9.17, 15) is 18.4 Å². The van der Waals surface area contributed by atoms with Gasteiger partial charge in [-0.05, 0) is 54.1 Å². The van der Waals surface area contributed by atoms with Gasteiger partial charge >= 0.3 is 0 Å². The lowest BCUT2D eigenvalue weighted by molar-refractivity contribution is 0.103. The molecule has 1 heterocycles. The fraction of sp³-hybridized carbons (Fsp3) is 0.100. The number of hydroxylamine groups is 2. The molecule has 0 aliphatic carbocycles. The highest BCUT2D eigenvalue weighted by Gasteiger charge is 2.58. The van der Waals surface area contributed by atoms with Gasteiger partial charge in [0, 0.05) is 52.6 Å². The summed E-state index contributed by atoms with van der Waals surface area (Å²) in [7, 11) is -3.97. The van der Waals surface area contributed by atoms with Crippen LogP contribution < -0.4 is 10.4 Å². The summed E-state index contributed by atoms with van der Waals surface area (Å²) in [6.07, 6.45) is 2.81. The first-order chi connectivity index (χ1) is 18.2. The third kappa shape index (κ3) is 4.40. The zero-order chi connectivity index (χ0) is 27.0. The SMILES string of the molecule is CC1(S(=O)(=O)c2ccc(CN)cc2)C=C[N+]1([O-])c1ccc(Sc2ccc(C(=O)c3ccccc3)cc2)cc1. The minimum atomic E-state index is -3.97. The Morgan fingerprint density at radius 1 is 0.842 bits per heavy atom. The number of benzene rings is 4. The number of hydrogen-bond donors (Lipinski definition) is 1. The standard InChI is InChI=1S/C30H26N2O4S2/c1-30(38(35,36)28-17-7-22(21-31)8-18-28)19-20-32(30,34)25-11-15-27(16-12-25)37-26-13-9-24(10-14-26)29(33)23-5-3-2-4-6-23/h2-20H,21,31H2,1H3. The molecule has 0 bridgehead atoms. The van der Waals surface area contributed by atoms with Crippen LogP contribution in [0.3, 0.4) is 0 Å². The third-order valence-corrected chi connectivity index (χ3v) is 10.3. The molecule has 0 aromatic heterocycles. The molecule has 0 saturated heterocycles. The van der Waals surface area contributed by atoms with Gasteiger partial charge in [-0.25, -0.2) is 8.42 Å². The van der Waals surface area contributed by atoms with Crippen LogP contribution in [0.15, 0.2) is 130 Å². The van der Waals surface area contributed by atoms with E-state index in [2.05, 4.69) is 0 Å². The van der Waals surface area contributed by atoms with E-state index in [-0.39, 0.29) is 10.7 Å². The minimum Gasteiger partial charge on any atom is -0.621 e. The molecule has 0 fully saturated rings. The van der Waals surface area contributed by atoms with Crippen molar-refractivity contribution in [3.05, 3.63) is 137 Å². The number of hydrogen-bond acceptors (Lipinski definition) is 6. The lowest BCUT2D eigenvalue weighted by Gasteiger charge is -2.55. The van der Waals surface area contributed by atoms with Crippen LogP contribution in [0, 0.1) is 5.21 Å². The maximum atomic E-state index is 13.9. The molecule has 5 rings (SSSR count). The van der Waals surface area contributed by atoms with Gasteiger partial charge in [0.2, 0.25) is 14.7 Å². The molecule has 38 heavy (non-hydrogen) atoms. The van der Waals surface area contributed by atoms with E-state index in [0.29, 0.717) is 23.4 Å². The van der Waals surface area contributed by atoms with Crippen molar-refractivity contribution in [2.45, 2.75) is 33.0 Å². The molecule has 0 spiro atoms. The van der Waals surface area contributed by atoms with E-state index < -0.39 is 19.4 Å². The van der Waals surface area contributed by atoms with E-state index >= 15 is 0 Å². The van der Waals surface area contributed by atoms with Gasteiger partial charge in [-0.1, -0.05) is 54.2 Å². The highest BCUT2D eigenvalue weighted by atomic mass is 32.2. The molecule has 0 radical (unpaired) electrons. The molecular weight excluding hydrogens is 516 g/mol. The fourth-order valence-corrected chi connectivity index (χ4v) is 6.93. The Morgan fingerprint density at radius 3 is 1.92 bits per heavy atom. The fourth-order valence-electron chi connectivity index (χ4n) is 4.38. The maximum absolute atomic E-state index is 13.9.